The fourth-order valence-electron chi connectivity index (χ4n) is 3.18. The standard InChI is InChI=1S/C23H22FNO4/c1-4-28-19-12-10-18(11-13-19)25-15(3)21(23(27)29-5-2)20(22(25)26)14-16-6-8-17(24)9-7-16/h6-14H,4-5H2,1-3H3/b20-14-. The van der Waals surface area contributed by atoms with Gasteiger partial charge in [-0.3, -0.25) is 9.69 Å². The number of hydrogen-bond acceptors (Lipinski definition) is 4. The maximum absolute atomic E-state index is 13.2. The van der Waals surface area contributed by atoms with E-state index in [9.17, 15) is 14.0 Å². The van der Waals surface area contributed by atoms with Crippen LogP contribution in [0.2, 0.25) is 0 Å². The molecule has 0 spiro atoms. The van der Waals surface area contributed by atoms with E-state index in [1.807, 2.05) is 6.92 Å². The smallest absolute Gasteiger partial charge is 0.340 e. The molecule has 0 radical (unpaired) electrons. The minimum Gasteiger partial charge on any atom is -0.494 e. The Morgan fingerprint density at radius 2 is 1.69 bits per heavy atom. The molecule has 1 aliphatic heterocycles. The van der Waals surface area contributed by atoms with Gasteiger partial charge in [0.25, 0.3) is 5.91 Å². The zero-order valence-electron chi connectivity index (χ0n) is 16.6. The molecule has 6 heteroatoms. The molecular weight excluding hydrogens is 373 g/mol. The van der Waals surface area contributed by atoms with E-state index in [4.69, 9.17) is 9.47 Å². The Labute approximate surface area is 169 Å². The second-order valence-corrected chi connectivity index (χ2v) is 6.36. The zero-order chi connectivity index (χ0) is 21.0. The van der Waals surface area contributed by atoms with Crippen LogP contribution in [0.4, 0.5) is 10.1 Å². The lowest BCUT2D eigenvalue weighted by atomic mass is 10.0. The van der Waals surface area contributed by atoms with Crippen LogP contribution in [-0.4, -0.2) is 25.1 Å². The van der Waals surface area contributed by atoms with Crippen molar-refractivity contribution < 1.29 is 23.5 Å². The molecule has 0 atom stereocenters. The lowest BCUT2D eigenvalue weighted by Crippen LogP contribution is -2.24. The van der Waals surface area contributed by atoms with E-state index in [1.54, 1.807) is 56.3 Å². The minimum atomic E-state index is -0.569. The molecule has 5 nitrogen and oxygen atoms in total. The number of anilines is 1. The van der Waals surface area contributed by atoms with Gasteiger partial charge in [0.2, 0.25) is 0 Å². The Bertz CT molecular complexity index is 975. The van der Waals surface area contributed by atoms with Crippen molar-refractivity contribution >= 4 is 23.6 Å². The minimum absolute atomic E-state index is 0.191. The molecule has 0 saturated heterocycles. The van der Waals surface area contributed by atoms with Crippen molar-refractivity contribution in [1.82, 2.24) is 0 Å². The van der Waals surface area contributed by atoms with E-state index in [0.717, 1.165) is 0 Å². The summed E-state index contributed by atoms with van der Waals surface area (Å²) in [5.41, 5.74) is 2.11. The summed E-state index contributed by atoms with van der Waals surface area (Å²) in [7, 11) is 0. The fourth-order valence-corrected chi connectivity index (χ4v) is 3.18. The number of halogens is 1. The van der Waals surface area contributed by atoms with Crippen LogP contribution in [0.1, 0.15) is 26.3 Å². The molecule has 1 amide bonds. The molecule has 2 aromatic carbocycles. The molecule has 1 aliphatic rings. The average molecular weight is 395 g/mol. The normalized spacial score (nSPS) is 15.2. The van der Waals surface area contributed by atoms with E-state index in [1.165, 1.54) is 17.0 Å². The topological polar surface area (TPSA) is 55.8 Å². The van der Waals surface area contributed by atoms with Crippen LogP contribution in [0.15, 0.2) is 65.4 Å². The van der Waals surface area contributed by atoms with Gasteiger partial charge >= 0.3 is 5.97 Å². The number of carbonyl (C=O) groups is 2. The van der Waals surface area contributed by atoms with Gasteiger partial charge in [0.15, 0.2) is 0 Å². The van der Waals surface area contributed by atoms with Gasteiger partial charge in [0.05, 0.1) is 24.4 Å². The number of nitrogens with zero attached hydrogens (tertiary/aromatic N) is 1. The van der Waals surface area contributed by atoms with E-state index < -0.39 is 5.97 Å². The Kier molecular flexibility index (Phi) is 6.12. The number of ether oxygens (including phenoxy) is 2. The van der Waals surface area contributed by atoms with E-state index in [-0.39, 0.29) is 29.5 Å². The van der Waals surface area contributed by atoms with Gasteiger partial charge in [0.1, 0.15) is 11.6 Å². The van der Waals surface area contributed by atoms with Crippen molar-refractivity contribution in [3.63, 3.8) is 0 Å². The lowest BCUT2D eigenvalue weighted by molar-refractivity contribution is -0.138. The molecule has 0 aromatic heterocycles. The first kappa shape index (κ1) is 20.3. The number of rotatable bonds is 6. The summed E-state index contributed by atoms with van der Waals surface area (Å²) in [5, 5.41) is 0. The third-order valence-electron chi connectivity index (χ3n) is 4.47. The largest absolute Gasteiger partial charge is 0.494 e. The third kappa shape index (κ3) is 4.21. The molecule has 0 bridgehead atoms. The third-order valence-corrected chi connectivity index (χ3v) is 4.47. The van der Waals surface area contributed by atoms with Gasteiger partial charge in [-0.05, 0) is 68.8 Å². The van der Waals surface area contributed by atoms with Crippen molar-refractivity contribution in [3.8, 4) is 5.75 Å². The Morgan fingerprint density at radius 1 is 1.03 bits per heavy atom. The SMILES string of the molecule is CCOC(=O)C1=C(C)N(c2ccc(OCC)cc2)C(=O)/C1=C\c1ccc(F)cc1. The van der Waals surface area contributed by atoms with Crippen molar-refractivity contribution in [3.05, 3.63) is 76.8 Å². The molecule has 0 N–H and O–H groups in total. The summed E-state index contributed by atoms with van der Waals surface area (Å²) in [5.74, 6) is -0.602. The number of esters is 1. The summed E-state index contributed by atoms with van der Waals surface area (Å²) in [6.45, 7) is 6.03. The summed E-state index contributed by atoms with van der Waals surface area (Å²) < 4.78 is 23.8. The van der Waals surface area contributed by atoms with Crippen molar-refractivity contribution in [1.29, 1.82) is 0 Å². The van der Waals surface area contributed by atoms with Gasteiger partial charge < -0.3 is 9.47 Å². The highest BCUT2D eigenvalue weighted by Crippen LogP contribution is 2.36. The van der Waals surface area contributed by atoms with E-state index in [2.05, 4.69) is 0 Å². The van der Waals surface area contributed by atoms with Gasteiger partial charge in [-0.15, -0.1) is 0 Å². The predicted octanol–water partition coefficient (Wildman–Crippen LogP) is 4.49. The second kappa shape index (κ2) is 8.73. The second-order valence-electron chi connectivity index (χ2n) is 6.36. The molecule has 0 aliphatic carbocycles. The first-order valence-corrected chi connectivity index (χ1v) is 9.39. The highest BCUT2D eigenvalue weighted by Gasteiger charge is 2.38. The van der Waals surface area contributed by atoms with E-state index >= 15 is 0 Å². The molecule has 1 heterocycles. The van der Waals surface area contributed by atoms with Crippen LogP contribution >= 0.6 is 0 Å². The van der Waals surface area contributed by atoms with Gasteiger partial charge in [-0.2, -0.15) is 0 Å². The number of carbonyl (C=O) groups excluding carboxylic acids is 2. The summed E-state index contributed by atoms with van der Waals surface area (Å²) in [6, 6.07) is 12.8. The summed E-state index contributed by atoms with van der Waals surface area (Å²) in [4.78, 5) is 27.3. The Morgan fingerprint density at radius 3 is 2.28 bits per heavy atom. The van der Waals surface area contributed by atoms with Crippen LogP contribution in [0.25, 0.3) is 6.08 Å². The lowest BCUT2D eigenvalue weighted by Gasteiger charge is -2.18. The molecular formula is C23H22FNO4. The zero-order valence-corrected chi connectivity index (χ0v) is 16.6. The Balaban J connectivity index is 2.05. The fraction of sp³-hybridized carbons (Fsp3) is 0.217. The van der Waals surface area contributed by atoms with Gasteiger partial charge in [0, 0.05) is 11.4 Å². The van der Waals surface area contributed by atoms with Crippen LogP contribution in [0.3, 0.4) is 0 Å². The molecule has 0 saturated carbocycles. The van der Waals surface area contributed by atoms with Crippen LogP contribution in [0.5, 0.6) is 5.75 Å². The molecule has 3 rings (SSSR count). The first-order valence-electron chi connectivity index (χ1n) is 9.39. The number of allylic oxidation sites excluding steroid dienone is 1. The number of hydrogen-bond donors (Lipinski definition) is 0. The highest BCUT2D eigenvalue weighted by molar-refractivity contribution is 6.23. The maximum atomic E-state index is 13.2. The van der Waals surface area contributed by atoms with Gasteiger partial charge in [-0.25, -0.2) is 9.18 Å². The number of benzene rings is 2. The van der Waals surface area contributed by atoms with Crippen LogP contribution in [0, 0.1) is 5.82 Å². The maximum Gasteiger partial charge on any atom is 0.340 e. The molecule has 0 fully saturated rings. The van der Waals surface area contributed by atoms with Crippen molar-refractivity contribution in [2.75, 3.05) is 18.1 Å². The first-order chi connectivity index (χ1) is 14.0. The molecule has 0 unspecified atom stereocenters. The monoisotopic (exact) mass is 395 g/mol. The van der Waals surface area contributed by atoms with Crippen LogP contribution < -0.4 is 9.64 Å². The Hall–Kier alpha value is -3.41. The predicted molar refractivity (Wildman–Crippen MR) is 109 cm³/mol. The number of amides is 1. The molecule has 2 aromatic rings. The average Bonchev–Trinajstić information content (AvgIpc) is 2.95. The quantitative estimate of drug-likeness (QED) is 0.534. The van der Waals surface area contributed by atoms with Crippen LogP contribution in [-0.2, 0) is 14.3 Å². The summed E-state index contributed by atoms with van der Waals surface area (Å²) >= 11 is 0. The van der Waals surface area contributed by atoms with E-state index in [0.29, 0.717) is 29.3 Å². The molecule has 150 valence electrons. The highest BCUT2D eigenvalue weighted by atomic mass is 19.1. The summed E-state index contributed by atoms with van der Waals surface area (Å²) in [6.07, 6.45) is 1.58. The molecule has 29 heavy (non-hydrogen) atoms. The van der Waals surface area contributed by atoms with Crippen molar-refractivity contribution in [2.24, 2.45) is 0 Å². The van der Waals surface area contributed by atoms with Crippen molar-refractivity contribution in [2.45, 2.75) is 20.8 Å². The van der Waals surface area contributed by atoms with Gasteiger partial charge in [-0.1, -0.05) is 12.1 Å².